The summed E-state index contributed by atoms with van der Waals surface area (Å²) in [6.07, 6.45) is 12.7. The van der Waals surface area contributed by atoms with E-state index in [1.54, 1.807) is 12.3 Å². The van der Waals surface area contributed by atoms with Crippen LogP contribution in [0.3, 0.4) is 0 Å². The number of carbonyl (C=O) groups is 1. The first-order chi connectivity index (χ1) is 12.2. The zero-order chi connectivity index (χ0) is 17.2. The number of amides is 1. The van der Waals surface area contributed by atoms with E-state index in [9.17, 15) is 4.79 Å². The summed E-state index contributed by atoms with van der Waals surface area (Å²) in [7, 11) is 0. The van der Waals surface area contributed by atoms with Gasteiger partial charge in [-0.15, -0.1) is 5.10 Å². The van der Waals surface area contributed by atoms with Gasteiger partial charge in [0.05, 0.1) is 17.9 Å². The predicted molar refractivity (Wildman–Crippen MR) is 91.8 cm³/mol. The fraction of sp³-hybridized carbons (Fsp3) is 0.444. The molecule has 0 aromatic carbocycles. The Hall–Kier alpha value is -2.70. The Balaban J connectivity index is 1.34. The summed E-state index contributed by atoms with van der Waals surface area (Å²) in [6, 6.07) is 2.15. The largest absolute Gasteiger partial charge is 0.350 e. The third kappa shape index (κ3) is 3.14. The number of nitrogens with zero attached hydrogens (tertiary/aromatic N) is 4. The molecule has 1 fully saturated rings. The van der Waals surface area contributed by atoms with Crippen molar-refractivity contribution >= 4 is 11.5 Å². The van der Waals surface area contributed by atoms with Crippen LogP contribution < -0.4 is 5.32 Å². The van der Waals surface area contributed by atoms with Gasteiger partial charge in [0.1, 0.15) is 5.69 Å². The van der Waals surface area contributed by atoms with E-state index in [1.807, 2.05) is 10.8 Å². The number of allylic oxidation sites excluding steroid dienone is 4. The molecule has 0 atom stereocenters. The normalized spacial score (nSPS) is 22.4. The van der Waals surface area contributed by atoms with Crippen LogP contribution in [0.15, 0.2) is 35.0 Å². The lowest BCUT2D eigenvalue weighted by molar-refractivity contribution is 0.0849. The SMILES string of the molecule is CCc1cnnn1[C@H]1C[C@@H](NC(=O)c2cc(C3=CCCC=C3)no2)C1. The van der Waals surface area contributed by atoms with Crippen molar-refractivity contribution in [1.82, 2.24) is 25.5 Å². The zero-order valence-corrected chi connectivity index (χ0v) is 14.2. The van der Waals surface area contributed by atoms with Gasteiger partial charge >= 0.3 is 0 Å². The van der Waals surface area contributed by atoms with E-state index in [2.05, 4.69) is 39.9 Å². The Morgan fingerprint density at radius 2 is 2.28 bits per heavy atom. The van der Waals surface area contributed by atoms with Gasteiger partial charge in [-0.25, -0.2) is 4.68 Å². The third-order valence-electron chi connectivity index (χ3n) is 4.83. The lowest BCUT2D eigenvalue weighted by Gasteiger charge is -2.36. The first-order valence-electron chi connectivity index (χ1n) is 8.78. The number of aryl methyl sites for hydroxylation is 1. The van der Waals surface area contributed by atoms with Crippen LogP contribution in [0, 0.1) is 0 Å². The molecular weight excluding hydrogens is 318 g/mol. The van der Waals surface area contributed by atoms with Crippen LogP contribution in [-0.4, -0.2) is 32.1 Å². The maximum absolute atomic E-state index is 12.3. The molecule has 4 rings (SSSR count). The molecule has 7 heteroatoms. The molecule has 0 saturated heterocycles. The maximum atomic E-state index is 12.3. The van der Waals surface area contributed by atoms with Gasteiger partial charge < -0.3 is 9.84 Å². The van der Waals surface area contributed by atoms with Gasteiger partial charge in [-0.05, 0) is 37.7 Å². The minimum atomic E-state index is -0.211. The first kappa shape index (κ1) is 15.8. The quantitative estimate of drug-likeness (QED) is 0.905. The van der Waals surface area contributed by atoms with E-state index < -0.39 is 0 Å². The van der Waals surface area contributed by atoms with E-state index in [-0.39, 0.29) is 17.7 Å². The van der Waals surface area contributed by atoms with Crippen molar-refractivity contribution in [2.75, 3.05) is 0 Å². The minimum absolute atomic E-state index is 0.133. The van der Waals surface area contributed by atoms with Crippen molar-refractivity contribution in [3.05, 3.63) is 47.6 Å². The van der Waals surface area contributed by atoms with E-state index in [1.165, 1.54) is 0 Å². The van der Waals surface area contributed by atoms with Crippen molar-refractivity contribution in [3.63, 3.8) is 0 Å². The molecule has 1 amide bonds. The molecule has 2 aromatic rings. The molecule has 1 N–H and O–H groups in total. The highest BCUT2D eigenvalue weighted by molar-refractivity contribution is 5.92. The molecule has 0 aliphatic heterocycles. The van der Waals surface area contributed by atoms with Gasteiger partial charge in [0.25, 0.3) is 5.91 Å². The average molecular weight is 339 g/mol. The number of nitrogens with one attached hydrogen (secondary N) is 1. The average Bonchev–Trinajstić information content (AvgIpc) is 3.27. The van der Waals surface area contributed by atoms with Crippen molar-refractivity contribution < 1.29 is 9.32 Å². The van der Waals surface area contributed by atoms with Crippen molar-refractivity contribution in [1.29, 1.82) is 0 Å². The standard InChI is InChI=1S/C18H21N5O2/c1-2-14-11-19-22-23(14)15-8-13(9-15)20-18(24)17-10-16(21-25-17)12-6-4-3-5-7-12/h4,6-7,10-11,13,15H,2-3,5,8-9H2,1H3,(H,20,24)/t13-,15+. The van der Waals surface area contributed by atoms with Crippen LogP contribution >= 0.6 is 0 Å². The maximum Gasteiger partial charge on any atom is 0.290 e. The number of carbonyl (C=O) groups excluding carboxylic acids is 1. The van der Waals surface area contributed by atoms with Crippen LogP contribution in [0.2, 0.25) is 0 Å². The number of hydrogen-bond acceptors (Lipinski definition) is 5. The molecule has 2 heterocycles. The lowest BCUT2D eigenvalue weighted by Crippen LogP contribution is -2.45. The van der Waals surface area contributed by atoms with Crippen molar-refractivity contribution in [3.8, 4) is 0 Å². The molecule has 25 heavy (non-hydrogen) atoms. The summed E-state index contributed by atoms with van der Waals surface area (Å²) < 4.78 is 7.19. The Bertz CT molecular complexity index is 826. The van der Waals surface area contributed by atoms with E-state index in [0.717, 1.165) is 43.4 Å². The molecule has 2 aromatic heterocycles. The predicted octanol–water partition coefficient (Wildman–Crippen LogP) is 2.70. The van der Waals surface area contributed by atoms with Gasteiger partial charge in [0, 0.05) is 12.1 Å². The van der Waals surface area contributed by atoms with Gasteiger partial charge in [0.15, 0.2) is 0 Å². The second kappa shape index (κ2) is 6.66. The van der Waals surface area contributed by atoms with E-state index in [0.29, 0.717) is 11.7 Å². The molecular formula is C18H21N5O2. The zero-order valence-electron chi connectivity index (χ0n) is 14.2. The Labute approximate surface area is 145 Å². The Morgan fingerprint density at radius 1 is 1.40 bits per heavy atom. The summed E-state index contributed by atoms with van der Waals surface area (Å²) in [5, 5.41) is 15.1. The molecule has 7 nitrogen and oxygen atoms in total. The van der Waals surface area contributed by atoms with Crippen molar-refractivity contribution in [2.45, 2.75) is 51.1 Å². The highest BCUT2D eigenvalue weighted by Crippen LogP contribution is 2.32. The van der Waals surface area contributed by atoms with Crippen LogP contribution in [0.1, 0.15) is 60.6 Å². The van der Waals surface area contributed by atoms with Gasteiger partial charge in [-0.3, -0.25) is 4.79 Å². The van der Waals surface area contributed by atoms with Crippen LogP contribution in [-0.2, 0) is 6.42 Å². The second-order valence-corrected chi connectivity index (χ2v) is 6.53. The monoisotopic (exact) mass is 339 g/mol. The topological polar surface area (TPSA) is 85.8 Å². The fourth-order valence-corrected chi connectivity index (χ4v) is 3.31. The third-order valence-corrected chi connectivity index (χ3v) is 4.83. The summed E-state index contributed by atoms with van der Waals surface area (Å²) >= 11 is 0. The van der Waals surface area contributed by atoms with E-state index in [4.69, 9.17) is 4.52 Å². The fourth-order valence-electron chi connectivity index (χ4n) is 3.31. The summed E-state index contributed by atoms with van der Waals surface area (Å²) in [6.45, 7) is 2.09. The summed E-state index contributed by atoms with van der Waals surface area (Å²) in [4.78, 5) is 12.3. The van der Waals surface area contributed by atoms with Gasteiger partial charge in [-0.1, -0.05) is 35.5 Å². The molecule has 2 aliphatic carbocycles. The molecule has 130 valence electrons. The van der Waals surface area contributed by atoms with E-state index >= 15 is 0 Å². The molecule has 0 unspecified atom stereocenters. The smallest absolute Gasteiger partial charge is 0.290 e. The lowest BCUT2D eigenvalue weighted by atomic mass is 9.86. The molecule has 0 bridgehead atoms. The number of rotatable bonds is 5. The van der Waals surface area contributed by atoms with Crippen LogP contribution in [0.5, 0.6) is 0 Å². The Morgan fingerprint density at radius 3 is 3.04 bits per heavy atom. The van der Waals surface area contributed by atoms with Crippen molar-refractivity contribution in [2.24, 2.45) is 0 Å². The highest BCUT2D eigenvalue weighted by Gasteiger charge is 2.34. The molecule has 0 spiro atoms. The first-order valence-corrected chi connectivity index (χ1v) is 8.78. The number of hydrogen-bond donors (Lipinski definition) is 1. The number of aromatic nitrogens is 4. The molecule has 2 aliphatic rings. The van der Waals surface area contributed by atoms with Gasteiger partial charge in [-0.2, -0.15) is 0 Å². The summed E-state index contributed by atoms with van der Waals surface area (Å²) in [5.41, 5.74) is 2.85. The Kier molecular flexibility index (Phi) is 4.21. The molecule has 1 saturated carbocycles. The summed E-state index contributed by atoms with van der Waals surface area (Å²) in [5.74, 6) is 0.0465. The highest BCUT2D eigenvalue weighted by atomic mass is 16.5. The molecule has 0 radical (unpaired) electrons. The van der Waals surface area contributed by atoms with Crippen LogP contribution in [0.25, 0.3) is 5.57 Å². The minimum Gasteiger partial charge on any atom is -0.350 e. The second-order valence-electron chi connectivity index (χ2n) is 6.53. The van der Waals surface area contributed by atoms with Crippen LogP contribution in [0.4, 0.5) is 0 Å². The van der Waals surface area contributed by atoms with Gasteiger partial charge in [0.2, 0.25) is 5.76 Å².